The zero-order valence-corrected chi connectivity index (χ0v) is 15.4. The Balaban J connectivity index is 1.98. The topological polar surface area (TPSA) is 102 Å². The first-order chi connectivity index (χ1) is 12.3. The lowest BCUT2D eigenvalue weighted by atomic mass is 10.0. The van der Waals surface area contributed by atoms with Gasteiger partial charge in [-0.25, -0.2) is 0 Å². The van der Waals surface area contributed by atoms with Crippen LogP contribution < -0.4 is 10.1 Å². The second-order valence-electron chi connectivity index (χ2n) is 6.87. The number of piperidine rings is 1. The summed E-state index contributed by atoms with van der Waals surface area (Å²) in [6, 6.07) is 3.86. The van der Waals surface area contributed by atoms with Gasteiger partial charge in [0, 0.05) is 37.7 Å². The first-order valence-corrected chi connectivity index (χ1v) is 8.73. The lowest BCUT2D eigenvalue weighted by Crippen LogP contribution is -2.46. The summed E-state index contributed by atoms with van der Waals surface area (Å²) < 4.78 is 5.14. The molecule has 0 atom stereocenters. The lowest BCUT2D eigenvalue weighted by Gasteiger charge is -2.33. The van der Waals surface area contributed by atoms with Crippen molar-refractivity contribution in [2.24, 2.45) is 5.92 Å². The van der Waals surface area contributed by atoms with Crippen LogP contribution in [0.3, 0.4) is 0 Å². The first-order valence-electron chi connectivity index (χ1n) is 8.73. The van der Waals surface area contributed by atoms with E-state index in [1.165, 1.54) is 25.3 Å². The predicted octanol–water partition coefficient (Wildman–Crippen LogP) is 2.37. The molecule has 1 fully saturated rings. The predicted molar refractivity (Wildman–Crippen MR) is 96.2 cm³/mol. The molecule has 2 amide bonds. The van der Waals surface area contributed by atoms with Crippen LogP contribution in [-0.2, 0) is 4.79 Å². The highest BCUT2D eigenvalue weighted by Crippen LogP contribution is 2.24. The Morgan fingerprint density at radius 1 is 1.35 bits per heavy atom. The van der Waals surface area contributed by atoms with Gasteiger partial charge in [0.05, 0.1) is 17.6 Å². The number of nitrogens with one attached hydrogen (secondary N) is 1. The molecular formula is C18H25N3O5. The van der Waals surface area contributed by atoms with Gasteiger partial charge in [0.15, 0.2) is 0 Å². The van der Waals surface area contributed by atoms with Gasteiger partial charge in [0.1, 0.15) is 5.75 Å². The standard InChI is InChI=1S/C18H25N3O5/c1-12(2)10-17(22)20-8-6-13(7-9-20)19-18(23)15-11-14(21(24)25)4-5-16(15)26-3/h4-5,11-13H,6-10H2,1-3H3,(H,19,23). The molecule has 8 nitrogen and oxygen atoms in total. The summed E-state index contributed by atoms with van der Waals surface area (Å²) in [5, 5.41) is 13.8. The van der Waals surface area contributed by atoms with E-state index in [9.17, 15) is 19.7 Å². The van der Waals surface area contributed by atoms with Gasteiger partial charge in [0.2, 0.25) is 5.91 Å². The van der Waals surface area contributed by atoms with Gasteiger partial charge in [-0.1, -0.05) is 13.8 Å². The number of nitro benzene ring substituents is 1. The number of ether oxygens (including phenoxy) is 1. The van der Waals surface area contributed by atoms with Crippen molar-refractivity contribution in [1.82, 2.24) is 10.2 Å². The molecule has 1 saturated heterocycles. The van der Waals surface area contributed by atoms with Crippen molar-refractivity contribution in [2.75, 3.05) is 20.2 Å². The van der Waals surface area contributed by atoms with Gasteiger partial charge in [-0.2, -0.15) is 0 Å². The average Bonchev–Trinajstić information content (AvgIpc) is 2.61. The van der Waals surface area contributed by atoms with E-state index in [1.54, 1.807) is 0 Å². The fraction of sp³-hybridized carbons (Fsp3) is 0.556. The van der Waals surface area contributed by atoms with Crippen molar-refractivity contribution >= 4 is 17.5 Å². The van der Waals surface area contributed by atoms with Crippen LogP contribution in [0.15, 0.2) is 18.2 Å². The summed E-state index contributed by atoms with van der Waals surface area (Å²) in [6.07, 6.45) is 1.85. The third-order valence-electron chi connectivity index (χ3n) is 4.40. The number of likely N-dealkylation sites (tertiary alicyclic amines) is 1. The van der Waals surface area contributed by atoms with Crippen LogP contribution in [0.1, 0.15) is 43.5 Å². The molecule has 0 radical (unpaired) electrons. The Labute approximate surface area is 152 Å². The summed E-state index contributed by atoms with van der Waals surface area (Å²) in [4.78, 5) is 36.9. The minimum atomic E-state index is -0.547. The molecule has 0 aromatic heterocycles. The summed E-state index contributed by atoms with van der Waals surface area (Å²) in [7, 11) is 1.41. The van der Waals surface area contributed by atoms with E-state index < -0.39 is 10.8 Å². The summed E-state index contributed by atoms with van der Waals surface area (Å²) >= 11 is 0. The van der Waals surface area contributed by atoms with Crippen LogP contribution in [0.25, 0.3) is 0 Å². The number of hydrogen-bond donors (Lipinski definition) is 1. The van der Waals surface area contributed by atoms with E-state index in [1.807, 2.05) is 18.7 Å². The number of hydrogen-bond acceptors (Lipinski definition) is 5. The van der Waals surface area contributed by atoms with Gasteiger partial charge < -0.3 is 15.0 Å². The Kier molecular flexibility index (Phi) is 6.54. The molecule has 142 valence electrons. The molecule has 0 unspecified atom stereocenters. The first kappa shape index (κ1) is 19.7. The van der Waals surface area contributed by atoms with Gasteiger partial charge in [0.25, 0.3) is 11.6 Å². The maximum atomic E-state index is 12.5. The number of carbonyl (C=O) groups is 2. The molecular weight excluding hydrogens is 338 g/mol. The molecule has 8 heteroatoms. The summed E-state index contributed by atoms with van der Waals surface area (Å²) in [5.41, 5.74) is -0.0231. The molecule has 26 heavy (non-hydrogen) atoms. The lowest BCUT2D eigenvalue weighted by molar-refractivity contribution is -0.384. The van der Waals surface area contributed by atoms with Crippen molar-refractivity contribution in [3.8, 4) is 5.75 Å². The molecule has 0 bridgehead atoms. The SMILES string of the molecule is COc1ccc([N+](=O)[O-])cc1C(=O)NC1CCN(C(=O)CC(C)C)CC1. The molecule has 0 saturated carbocycles. The smallest absolute Gasteiger partial charge is 0.270 e. The molecule has 1 aromatic carbocycles. The fourth-order valence-corrected chi connectivity index (χ4v) is 3.00. The Morgan fingerprint density at radius 3 is 2.54 bits per heavy atom. The maximum absolute atomic E-state index is 12.5. The van der Waals surface area contributed by atoms with Crippen molar-refractivity contribution in [3.63, 3.8) is 0 Å². The molecule has 1 aliphatic rings. The van der Waals surface area contributed by atoms with Crippen molar-refractivity contribution in [3.05, 3.63) is 33.9 Å². The second-order valence-corrected chi connectivity index (χ2v) is 6.87. The highest BCUT2D eigenvalue weighted by molar-refractivity contribution is 5.97. The number of non-ortho nitro benzene ring substituents is 1. The summed E-state index contributed by atoms with van der Waals surface area (Å²) in [6.45, 7) is 5.22. The van der Waals surface area contributed by atoms with E-state index in [0.29, 0.717) is 38.3 Å². The van der Waals surface area contributed by atoms with Gasteiger partial charge in [-0.3, -0.25) is 19.7 Å². The normalized spacial score (nSPS) is 15.0. The van der Waals surface area contributed by atoms with Crippen LogP contribution in [0.2, 0.25) is 0 Å². The quantitative estimate of drug-likeness (QED) is 0.617. The second kappa shape index (κ2) is 8.64. The summed E-state index contributed by atoms with van der Waals surface area (Å²) in [5.74, 6) is 0.349. The van der Waals surface area contributed by atoms with Gasteiger partial charge in [-0.15, -0.1) is 0 Å². The minimum Gasteiger partial charge on any atom is -0.496 e. The number of methoxy groups -OCH3 is 1. The van der Waals surface area contributed by atoms with E-state index in [0.717, 1.165) is 0 Å². The Bertz CT molecular complexity index is 681. The molecule has 1 heterocycles. The zero-order valence-electron chi connectivity index (χ0n) is 15.4. The Hall–Kier alpha value is -2.64. The van der Waals surface area contributed by atoms with E-state index in [4.69, 9.17) is 4.74 Å². The number of nitrogens with zero attached hydrogens (tertiary/aromatic N) is 2. The third-order valence-corrected chi connectivity index (χ3v) is 4.40. The van der Waals surface area contributed by atoms with Crippen LogP contribution in [0.4, 0.5) is 5.69 Å². The zero-order chi connectivity index (χ0) is 19.3. The molecule has 0 aliphatic carbocycles. The minimum absolute atomic E-state index is 0.0745. The highest BCUT2D eigenvalue weighted by atomic mass is 16.6. The number of carbonyl (C=O) groups excluding carboxylic acids is 2. The van der Waals surface area contributed by atoms with Crippen LogP contribution in [-0.4, -0.2) is 47.9 Å². The Morgan fingerprint density at radius 2 is 2.00 bits per heavy atom. The highest BCUT2D eigenvalue weighted by Gasteiger charge is 2.26. The van der Waals surface area contributed by atoms with Crippen molar-refractivity contribution < 1.29 is 19.2 Å². The van der Waals surface area contributed by atoms with Gasteiger partial charge in [-0.05, 0) is 24.8 Å². The molecule has 1 N–H and O–H groups in total. The number of rotatable bonds is 6. The van der Waals surface area contributed by atoms with Crippen LogP contribution in [0.5, 0.6) is 5.75 Å². The number of nitro groups is 1. The van der Waals surface area contributed by atoms with Gasteiger partial charge >= 0.3 is 0 Å². The van der Waals surface area contributed by atoms with Crippen molar-refractivity contribution in [1.29, 1.82) is 0 Å². The van der Waals surface area contributed by atoms with Crippen LogP contribution >= 0.6 is 0 Å². The van der Waals surface area contributed by atoms with Crippen molar-refractivity contribution in [2.45, 2.75) is 39.2 Å². The third kappa shape index (κ3) is 4.93. The van der Waals surface area contributed by atoms with E-state index in [2.05, 4.69) is 5.32 Å². The number of benzene rings is 1. The molecule has 1 aliphatic heterocycles. The molecule has 2 rings (SSSR count). The van der Waals surface area contributed by atoms with E-state index >= 15 is 0 Å². The van der Waals surface area contributed by atoms with E-state index in [-0.39, 0.29) is 28.9 Å². The largest absolute Gasteiger partial charge is 0.496 e. The monoisotopic (exact) mass is 363 g/mol. The molecule has 1 aromatic rings. The molecule has 0 spiro atoms. The average molecular weight is 363 g/mol. The fourth-order valence-electron chi connectivity index (χ4n) is 3.00. The van der Waals surface area contributed by atoms with Crippen LogP contribution in [0, 0.1) is 16.0 Å². The number of amides is 2. The maximum Gasteiger partial charge on any atom is 0.270 e.